The van der Waals surface area contributed by atoms with Gasteiger partial charge in [-0.05, 0) is 71.8 Å². The number of benzene rings is 12. The summed E-state index contributed by atoms with van der Waals surface area (Å²) in [6.07, 6.45) is 0. The summed E-state index contributed by atoms with van der Waals surface area (Å²) < 4.78 is 9.47. The summed E-state index contributed by atoms with van der Waals surface area (Å²) >= 11 is 1.81. The van der Waals surface area contributed by atoms with Gasteiger partial charge in [-0.25, -0.2) is 15.0 Å². The van der Waals surface area contributed by atoms with Crippen molar-refractivity contribution < 1.29 is 0 Å². The van der Waals surface area contributed by atoms with Crippen LogP contribution in [0, 0.1) is 0 Å². The van der Waals surface area contributed by atoms with E-state index in [-0.39, 0.29) is 0 Å². The summed E-state index contributed by atoms with van der Waals surface area (Å²) in [4.78, 5) is 27.1. The molecule has 0 aliphatic heterocycles. The highest BCUT2D eigenvalue weighted by Crippen LogP contribution is 2.44. The lowest BCUT2D eigenvalue weighted by Gasteiger charge is -2.17. The van der Waals surface area contributed by atoms with Crippen molar-refractivity contribution in [1.29, 1.82) is 0 Å². The molecule has 88 heavy (non-hydrogen) atoms. The molecule has 0 bridgehead atoms. The highest BCUT2D eigenvalue weighted by atomic mass is 32.1. The van der Waals surface area contributed by atoms with Crippen molar-refractivity contribution in [2.75, 3.05) is 0 Å². The van der Waals surface area contributed by atoms with Gasteiger partial charge in [0.1, 0.15) is 0 Å². The first kappa shape index (κ1) is 49.7. The molecule has 18 aromatic rings. The van der Waals surface area contributed by atoms with Crippen LogP contribution in [0.5, 0.6) is 0 Å². The lowest BCUT2D eigenvalue weighted by atomic mass is 9.95. The fourth-order valence-electron chi connectivity index (χ4n) is 13.4. The normalized spacial score (nSPS) is 11.9. The molecule has 0 amide bonds. The Kier molecular flexibility index (Phi) is 11.3. The summed E-state index contributed by atoms with van der Waals surface area (Å²) in [5, 5.41) is 9.54. The van der Waals surface area contributed by atoms with Crippen LogP contribution in [0.3, 0.4) is 0 Å². The maximum atomic E-state index is 5.63. The van der Waals surface area contributed by atoms with Gasteiger partial charge in [0.2, 0.25) is 5.95 Å². The number of fused-ring (bicyclic) bond motifs is 13. The van der Waals surface area contributed by atoms with Crippen LogP contribution in [-0.4, -0.2) is 38.6 Å². The number of rotatable bonds is 9. The van der Waals surface area contributed by atoms with Gasteiger partial charge in [-0.15, -0.1) is 11.3 Å². The molecule has 410 valence electrons. The Labute approximate surface area is 508 Å². The van der Waals surface area contributed by atoms with E-state index < -0.39 is 0 Å². The fourth-order valence-corrected chi connectivity index (χ4v) is 14.6. The van der Waals surface area contributed by atoms with Gasteiger partial charge in [-0.2, -0.15) is 9.97 Å². The van der Waals surface area contributed by atoms with Crippen molar-refractivity contribution >= 4 is 96.9 Å². The van der Waals surface area contributed by atoms with Crippen LogP contribution in [0.4, 0.5) is 0 Å². The monoisotopic (exact) mass is 1140 g/mol. The van der Waals surface area contributed by atoms with E-state index in [1.165, 1.54) is 41.7 Å². The van der Waals surface area contributed by atoms with Crippen LogP contribution < -0.4 is 0 Å². The Balaban J connectivity index is 0.804. The number of hydrogen-bond acceptors (Lipinski definition) is 6. The molecule has 0 saturated carbocycles. The zero-order valence-corrected chi connectivity index (χ0v) is 48.0. The summed E-state index contributed by atoms with van der Waals surface area (Å²) in [5.41, 5.74) is 16.9. The molecule has 0 spiro atoms. The molecule has 0 aliphatic rings. The molecule has 0 atom stereocenters. The molecule has 0 aliphatic carbocycles. The van der Waals surface area contributed by atoms with Crippen LogP contribution in [-0.2, 0) is 0 Å². The van der Waals surface area contributed by atoms with E-state index in [0.717, 1.165) is 106 Å². The van der Waals surface area contributed by atoms with Crippen LogP contribution >= 0.6 is 11.3 Å². The van der Waals surface area contributed by atoms with Gasteiger partial charge in [0.15, 0.2) is 17.5 Å². The molecule has 9 heteroatoms. The maximum absolute atomic E-state index is 5.63. The van der Waals surface area contributed by atoms with Gasteiger partial charge in [0, 0.05) is 87.0 Å². The van der Waals surface area contributed by atoms with Crippen molar-refractivity contribution in [2.45, 2.75) is 0 Å². The quantitative estimate of drug-likeness (QED) is 0.144. The Morgan fingerprint density at radius 2 is 0.670 bits per heavy atom. The maximum Gasteiger partial charge on any atom is 0.238 e. The van der Waals surface area contributed by atoms with Crippen LogP contribution in [0.25, 0.3) is 171 Å². The predicted octanol–water partition coefficient (Wildman–Crippen LogP) is 20.3. The highest BCUT2D eigenvalue weighted by molar-refractivity contribution is 7.26. The van der Waals surface area contributed by atoms with E-state index >= 15 is 0 Å². The van der Waals surface area contributed by atoms with Crippen molar-refractivity contribution in [1.82, 2.24) is 38.6 Å². The Bertz CT molecular complexity index is 5580. The van der Waals surface area contributed by atoms with E-state index in [1.807, 2.05) is 35.6 Å². The minimum absolute atomic E-state index is 0.561. The van der Waals surface area contributed by atoms with Crippen LogP contribution in [0.15, 0.2) is 291 Å². The van der Waals surface area contributed by atoms with E-state index in [0.29, 0.717) is 23.4 Å². The Morgan fingerprint density at radius 1 is 0.250 bits per heavy atom. The van der Waals surface area contributed by atoms with Gasteiger partial charge >= 0.3 is 0 Å². The third kappa shape index (κ3) is 7.95. The van der Waals surface area contributed by atoms with Gasteiger partial charge in [0.25, 0.3) is 0 Å². The average Bonchev–Trinajstić information content (AvgIpc) is 1.63. The predicted molar refractivity (Wildman–Crippen MR) is 364 cm³/mol. The van der Waals surface area contributed by atoms with Gasteiger partial charge in [-0.1, -0.05) is 231 Å². The summed E-state index contributed by atoms with van der Waals surface area (Å²) in [6, 6.07) is 103. The molecule has 18 rings (SSSR count). The molecule has 0 unspecified atom stereocenters. The second kappa shape index (κ2) is 20.0. The number of thiophene rings is 1. The molecule has 6 aromatic heterocycles. The third-order valence-electron chi connectivity index (χ3n) is 17.3. The molecule has 0 saturated heterocycles. The third-order valence-corrected chi connectivity index (χ3v) is 18.5. The lowest BCUT2D eigenvalue weighted by Crippen LogP contribution is -2.06. The molecular formula is C79H48N8S. The SMILES string of the molecule is c1ccc(-c2cc(-c3ccccc3-c3ccc(-c4nc(-c5ccccc5)nc(-n5c6ccccc6c6ccc7c8ccccc8sc7c65)n4)cc3)nc(-c3cc(-n4c5ccccc5c5ccccc54)cc(-n4c5ccccc5c5ccccc54)c3)n2)cc1. The van der Waals surface area contributed by atoms with Crippen molar-refractivity contribution in [3.8, 4) is 85.1 Å². The highest BCUT2D eigenvalue weighted by Gasteiger charge is 2.24. The van der Waals surface area contributed by atoms with Crippen molar-refractivity contribution in [3.05, 3.63) is 291 Å². The van der Waals surface area contributed by atoms with E-state index in [2.05, 4.69) is 281 Å². The van der Waals surface area contributed by atoms with E-state index in [9.17, 15) is 0 Å². The number of aromatic nitrogens is 8. The summed E-state index contributed by atoms with van der Waals surface area (Å²) in [6.45, 7) is 0. The van der Waals surface area contributed by atoms with Crippen LogP contribution in [0.2, 0.25) is 0 Å². The van der Waals surface area contributed by atoms with Crippen molar-refractivity contribution in [3.63, 3.8) is 0 Å². The first-order valence-electron chi connectivity index (χ1n) is 29.6. The van der Waals surface area contributed by atoms with Gasteiger partial charge in [0.05, 0.1) is 49.2 Å². The fraction of sp³-hybridized carbons (Fsp3) is 0. The van der Waals surface area contributed by atoms with Crippen molar-refractivity contribution in [2.24, 2.45) is 0 Å². The number of para-hydroxylation sites is 5. The summed E-state index contributed by atoms with van der Waals surface area (Å²) in [5.74, 6) is 2.35. The zero-order valence-electron chi connectivity index (χ0n) is 47.2. The molecule has 12 aromatic carbocycles. The molecule has 0 N–H and O–H groups in total. The molecule has 0 radical (unpaired) electrons. The second-order valence-corrected chi connectivity index (χ2v) is 23.4. The molecular weight excluding hydrogens is 1090 g/mol. The summed E-state index contributed by atoms with van der Waals surface area (Å²) in [7, 11) is 0. The van der Waals surface area contributed by atoms with Gasteiger partial charge in [-0.3, -0.25) is 4.57 Å². The smallest absolute Gasteiger partial charge is 0.238 e. The van der Waals surface area contributed by atoms with E-state index in [4.69, 9.17) is 24.9 Å². The topological polar surface area (TPSA) is 79.2 Å². The molecule has 0 fully saturated rings. The number of nitrogens with zero attached hydrogens (tertiary/aromatic N) is 8. The molecule has 6 heterocycles. The Hall–Kier alpha value is -11.7. The Morgan fingerprint density at radius 3 is 1.25 bits per heavy atom. The van der Waals surface area contributed by atoms with E-state index in [1.54, 1.807) is 0 Å². The van der Waals surface area contributed by atoms with Gasteiger partial charge < -0.3 is 9.13 Å². The molecule has 8 nitrogen and oxygen atoms in total. The minimum atomic E-state index is 0.561. The standard InChI is InChI=1S/C79H48N8S/c1-3-21-50(22-4-1)66-48-67(81-78(80-66)53-45-54(85-68-33-15-9-27-58(68)59-28-10-16-34-69(59)85)47-55(46-53)86-70-35-17-11-29-60(70)61-30-12-18-36-71(61)86)57-26-8-7-25-56(57)49-39-41-52(42-40-49)77-82-76(51-23-5-2-6-24-51)83-79(84-77)87-72-37-19-13-31-62(72)64-43-44-65-63-32-14-20-38-73(63)88-75(65)74(64)87/h1-48H. The van der Waals surface area contributed by atoms with Crippen LogP contribution in [0.1, 0.15) is 0 Å². The zero-order chi connectivity index (χ0) is 57.8. The average molecular weight is 1140 g/mol. The second-order valence-electron chi connectivity index (χ2n) is 22.4. The lowest BCUT2D eigenvalue weighted by molar-refractivity contribution is 0.955. The first-order valence-corrected chi connectivity index (χ1v) is 30.4. The first-order chi connectivity index (χ1) is 43.6. The minimum Gasteiger partial charge on any atom is -0.309 e. The largest absolute Gasteiger partial charge is 0.309 e. The number of hydrogen-bond donors (Lipinski definition) is 0.